The first kappa shape index (κ1) is 9.21. The number of benzene rings is 1. The highest BCUT2D eigenvalue weighted by Gasteiger charge is 2.30. The van der Waals surface area contributed by atoms with Crippen molar-refractivity contribution in [3.8, 4) is 0 Å². The van der Waals surface area contributed by atoms with E-state index in [2.05, 4.69) is 0 Å². The van der Waals surface area contributed by atoms with Gasteiger partial charge in [0.1, 0.15) is 6.29 Å². The van der Waals surface area contributed by atoms with Crippen molar-refractivity contribution in [1.29, 1.82) is 0 Å². The van der Waals surface area contributed by atoms with E-state index < -0.39 is 0 Å². The van der Waals surface area contributed by atoms with Crippen molar-refractivity contribution in [3.05, 3.63) is 30.3 Å². The Bertz CT molecular complexity index is 312. The van der Waals surface area contributed by atoms with Crippen LogP contribution in [0.5, 0.6) is 0 Å². The number of para-hydroxylation sites is 1. The fraction of sp³-hybridized carbons (Fsp3) is 0.364. The third-order valence-electron chi connectivity index (χ3n) is 2.57. The Morgan fingerprint density at radius 2 is 2.07 bits per heavy atom. The normalized spacial score (nSPS) is 26.5. The lowest BCUT2D eigenvalue weighted by Gasteiger charge is -2.22. The van der Waals surface area contributed by atoms with Crippen molar-refractivity contribution in [2.24, 2.45) is 0 Å². The molecule has 14 heavy (non-hydrogen) atoms. The largest absolute Gasteiger partial charge is 0.391 e. The van der Waals surface area contributed by atoms with Crippen LogP contribution in [0.1, 0.15) is 6.42 Å². The van der Waals surface area contributed by atoms with Gasteiger partial charge in [-0.3, -0.25) is 0 Å². The van der Waals surface area contributed by atoms with Gasteiger partial charge in [0.25, 0.3) is 0 Å². The van der Waals surface area contributed by atoms with E-state index in [1.807, 2.05) is 35.2 Å². The van der Waals surface area contributed by atoms with Gasteiger partial charge in [-0.25, -0.2) is 0 Å². The molecule has 0 radical (unpaired) electrons. The Labute approximate surface area is 83.0 Å². The average Bonchev–Trinajstić information content (AvgIpc) is 2.61. The number of carbonyl (C=O) groups excluding carboxylic acids is 1. The van der Waals surface area contributed by atoms with Gasteiger partial charge < -0.3 is 14.8 Å². The van der Waals surface area contributed by atoms with E-state index >= 15 is 0 Å². The molecule has 0 spiro atoms. The van der Waals surface area contributed by atoms with E-state index in [9.17, 15) is 9.90 Å². The van der Waals surface area contributed by atoms with Crippen LogP contribution in [0.4, 0.5) is 5.69 Å². The number of hydrogen-bond donors (Lipinski definition) is 1. The number of aliphatic hydroxyl groups excluding tert-OH is 1. The smallest absolute Gasteiger partial charge is 0.142 e. The fourth-order valence-electron chi connectivity index (χ4n) is 1.89. The minimum atomic E-state index is -0.384. The number of hydrogen-bond acceptors (Lipinski definition) is 3. The molecule has 1 aromatic rings. The van der Waals surface area contributed by atoms with E-state index in [-0.39, 0.29) is 12.1 Å². The Kier molecular flexibility index (Phi) is 2.50. The van der Waals surface area contributed by atoms with Crippen molar-refractivity contribution in [2.75, 3.05) is 11.4 Å². The summed E-state index contributed by atoms with van der Waals surface area (Å²) in [6, 6.07) is 9.53. The second kappa shape index (κ2) is 3.80. The summed E-state index contributed by atoms with van der Waals surface area (Å²) in [5.41, 5.74) is 1.00. The number of β-amino-alcohol motifs (C(OH)–C–C–N with tert-alkyl or cyclic N) is 1. The molecule has 1 aromatic carbocycles. The summed E-state index contributed by atoms with van der Waals surface area (Å²) in [5.74, 6) is 0. The minimum absolute atomic E-state index is 0.174. The van der Waals surface area contributed by atoms with Gasteiger partial charge in [0.05, 0.1) is 12.1 Å². The van der Waals surface area contributed by atoms with Crippen LogP contribution in [0.15, 0.2) is 30.3 Å². The Hall–Kier alpha value is -1.35. The molecule has 0 aliphatic carbocycles. The highest BCUT2D eigenvalue weighted by molar-refractivity contribution is 5.67. The molecule has 1 fully saturated rings. The fourth-order valence-corrected chi connectivity index (χ4v) is 1.89. The standard InChI is InChI=1S/C11H13NO2/c13-8-10-6-11(14)7-12(10)9-4-2-1-3-5-9/h1-5,8,10-11,14H,6-7H2. The zero-order chi connectivity index (χ0) is 9.97. The van der Waals surface area contributed by atoms with Crippen LogP contribution >= 0.6 is 0 Å². The summed E-state index contributed by atoms with van der Waals surface area (Å²) >= 11 is 0. The first-order chi connectivity index (χ1) is 6.81. The van der Waals surface area contributed by atoms with Crippen LogP contribution in [-0.2, 0) is 4.79 Å². The summed E-state index contributed by atoms with van der Waals surface area (Å²) in [5, 5.41) is 9.46. The zero-order valence-electron chi connectivity index (χ0n) is 7.84. The average molecular weight is 191 g/mol. The van der Waals surface area contributed by atoms with Crippen LogP contribution in [0, 0.1) is 0 Å². The summed E-state index contributed by atoms with van der Waals surface area (Å²) in [7, 11) is 0. The van der Waals surface area contributed by atoms with E-state index in [4.69, 9.17) is 0 Å². The third kappa shape index (κ3) is 1.63. The third-order valence-corrected chi connectivity index (χ3v) is 2.57. The summed E-state index contributed by atoms with van der Waals surface area (Å²) in [6.45, 7) is 0.549. The number of nitrogens with zero attached hydrogens (tertiary/aromatic N) is 1. The van der Waals surface area contributed by atoms with Crippen molar-refractivity contribution in [3.63, 3.8) is 0 Å². The number of aliphatic hydroxyl groups is 1. The highest BCUT2D eigenvalue weighted by Crippen LogP contribution is 2.24. The molecular weight excluding hydrogens is 178 g/mol. The molecule has 74 valence electrons. The topological polar surface area (TPSA) is 40.5 Å². The summed E-state index contributed by atoms with van der Waals surface area (Å²) in [4.78, 5) is 12.7. The molecule has 1 aliphatic rings. The number of anilines is 1. The number of aldehydes is 1. The summed E-state index contributed by atoms with van der Waals surface area (Å²) in [6.07, 6.45) is 1.06. The minimum Gasteiger partial charge on any atom is -0.391 e. The molecule has 3 nitrogen and oxygen atoms in total. The van der Waals surface area contributed by atoms with Crippen molar-refractivity contribution < 1.29 is 9.90 Å². The molecule has 0 saturated carbocycles. The van der Waals surface area contributed by atoms with Gasteiger partial charge in [0, 0.05) is 18.7 Å². The van der Waals surface area contributed by atoms with Gasteiger partial charge in [-0.2, -0.15) is 0 Å². The maximum absolute atomic E-state index is 10.8. The van der Waals surface area contributed by atoms with E-state index in [0.29, 0.717) is 13.0 Å². The zero-order valence-corrected chi connectivity index (χ0v) is 7.84. The van der Waals surface area contributed by atoms with Gasteiger partial charge in [0.15, 0.2) is 0 Å². The molecule has 1 N–H and O–H groups in total. The Balaban J connectivity index is 2.22. The van der Waals surface area contributed by atoms with Crippen LogP contribution in [-0.4, -0.2) is 30.1 Å². The maximum Gasteiger partial charge on any atom is 0.142 e. The molecule has 2 unspecified atom stereocenters. The first-order valence-corrected chi connectivity index (χ1v) is 4.76. The van der Waals surface area contributed by atoms with E-state index in [0.717, 1.165) is 12.0 Å². The molecule has 2 atom stereocenters. The lowest BCUT2D eigenvalue weighted by atomic mass is 10.2. The van der Waals surface area contributed by atoms with Gasteiger partial charge in [-0.05, 0) is 12.1 Å². The predicted molar refractivity (Wildman–Crippen MR) is 54.3 cm³/mol. The molecule has 1 aliphatic heterocycles. The van der Waals surface area contributed by atoms with Gasteiger partial charge in [-0.1, -0.05) is 18.2 Å². The summed E-state index contributed by atoms with van der Waals surface area (Å²) < 4.78 is 0. The molecule has 2 rings (SSSR count). The van der Waals surface area contributed by atoms with E-state index in [1.54, 1.807) is 0 Å². The van der Waals surface area contributed by atoms with Crippen molar-refractivity contribution >= 4 is 12.0 Å². The molecule has 1 saturated heterocycles. The number of rotatable bonds is 2. The predicted octanol–water partition coefficient (Wildman–Crippen LogP) is 0.825. The van der Waals surface area contributed by atoms with Gasteiger partial charge in [0.2, 0.25) is 0 Å². The quantitative estimate of drug-likeness (QED) is 0.704. The molecule has 0 aromatic heterocycles. The van der Waals surface area contributed by atoms with Crippen LogP contribution in [0.25, 0.3) is 0 Å². The van der Waals surface area contributed by atoms with Crippen LogP contribution < -0.4 is 4.90 Å². The van der Waals surface area contributed by atoms with Crippen LogP contribution in [0.3, 0.4) is 0 Å². The second-order valence-electron chi connectivity index (χ2n) is 3.58. The maximum atomic E-state index is 10.8. The molecule has 0 amide bonds. The van der Waals surface area contributed by atoms with Crippen LogP contribution in [0.2, 0.25) is 0 Å². The Morgan fingerprint density at radius 1 is 1.36 bits per heavy atom. The molecule has 0 bridgehead atoms. The van der Waals surface area contributed by atoms with Crippen molar-refractivity contribution in [2.45, 2.75) is 18.6 Å². The number of carbonyl (C=O) groups is 1. The van der Waals surface area contributed by atoms with Gasteiger partial charge in [-0.15, -0.1) is 0 Å². The molecule has 1 heterocycles. The Morgan fingerprint density at radius 3 is 2.71 bits per heavy atom. The SMILES string of the molecule is O=CC1CC(O)CN1c1ccccc1. The highest BCUT2D eigenvalue weighted by atomic mass is 16.3. The van der Waals surface area contributed by atoms with Gasteiger partial charge >= 0.3 is 0 Å². The second-order valence-corrected chi connectivity index (χ2v) is 3.58. The first-order valence-electron chi connectivity index (χ1n) is 4.76. The van der Waals surface area contributed by atoms with E-state index in [1.165, 1.54) is 0 Å². The monoisotopic (exact) mass is 191 g/mol. The van der Waals surface area contributed by atoms with Crippen molar-refractivity contribution in [1.82, 2.24) is 0 Å². The molecular formula is C11H13NO2. The lowest BCUT2D eigenvalue weighted by molar-refractivity contribution is -0.108. The lowest BCUT2D eigenvalue weighted by Crippen LogP contribution is -2.30. The molecule has 3 heteroatoms.